The van der Waals surface area contributed by atoms with Crippen molar-refractivity contribution in [1.82, 2.24) is 5.06 Å². The van der Waals surface area contributed by atoms with Crippen LogP contribution in [0.5, 0.6) is 0 Å². The third-order valence-electron chi connectivity index (χ3n) is 1.65. The summed E-state index contributed by atoms with van der Waals surface area (Å²) in [7, 11) is 0. The van der Waals surface area contributed by atoms with Crippen LogP contribution >= 0.6 is 0 Å². The average Bonchev–Trinajstić information content (AvgIpc) is 2.02. The maximum absolute atomic E-state index is 11.5. The monoisotopic (exact) mass is 199 g/mol. The van der Waals surface area contributed by atoms with Crippen LogP contribution in [0.4, 0.5) is 4.79 Å². The second-order valence-electron chi connectivity index (χ2n) is 4.37. The molecule has 0 spiro atoms. The van der Waals surface area contributed by atoms with Crippen molar-refractivity contribution in [2.24, 2.45) is 0 Å². The van der Waals surface area contributed by atoms with Crippen LogP contribution in [0.3, 0.4) is 0 Å². The van der Waals surface area contributed by atoms with E-state index < -0.39 is 11.7 Å². The van der Waals surface area contributed by atoms with E-state index in [9.17, 15) is 4.79 Å². The fourth-order valence-electron chi connectivity index (χ4n) is 0.970. The summed E-state index contributed by atoms with van der Waals surface area (Å²) in [6.45, 7) is 8.37. The van der Waals surface area contributed by atoms with Gasteiger partial charge in [0.1, 0.15) is 5.60 Å². The molecule has 0 aromatic rings. The van der Waals surface area contributed by atoms with Gasteiger partial charge < -0.3 is 4.74 Å². The molecule has 0 aromatic carbocycles. The van der Waals surface area contributed by atoms with Crippen LogP contribution in [0.2, 0.25) is 0 Å². The predicted molar refractivity (Wildman–Crippen MR) is 52.6 cm³/mol. The Morgan fingerprint density at radius 2 is 2.21 bits per heavy atom. The lowest BCUT2D eigenvalue weighted by atomic mass is 10.2. The average molecular weight is 199 g/mol. The first kappa shape index (κ1) is 11.0. The standard InChI is InChI=1S/C10H17NO3/c1-8-5-6-11(13-7-8)9(12)14-10(2,3)4/h5H,6-7H2,1-4H3. The summed E-state index contributed by atoms with van der Waals surface area (Å²) in [5.74, 6) is 0. The summed E-state index contributed by atoms with van der Waals surface area (Å²) in [5.41, 5.74) is 0.654. The van der Waals surface area contributed by atoms with Crippen LogP contribution < -0.4 is 0 Å². The fraction of sp³-hybridized carbons (Fsp3) is 0.700. The summed E-state index contributed by atoms with van der Waals surface area (Å²) in [4.78, 5) is 16.7. The van der Waals surface area contributed by atoms with E-state index in [0.717, 1.165) is 5.57 Å². The van der Waals surface area contributed by atoms with Crippen LogP contribution in [0.25, 0.3) is 0 Å². The molecule has 0 unspecified atom stereocenters. The van der Waals surface area contributed by atoms with Crippen molar-refractivity contribution in [1.29, 1.82) is 0 Å². The van der Waals surface area contributed by atoms with Gasteiger partial charge in [0.15, 0.2) is 0 Å². The maximum atomic E-state index is 11.5. The normalized spacial score (nSPS) is 17.7. The quantitative estimate of drug-likeness (QED) is 0.561. The third-order valence-corrected chi connectivity index (χ3v) is 1.65. The second-order valence-corrected chi connectivity index (χ2v) is 4.37. The molecule has 4 nitrogen and oxygen atoms in total. The van der Waals surface area contributed by atoms with Gasteiger partial charge in [-0.3, -0.25) is 4.84 Å². The molecule has 14 heavy (non-hydrogen) atoms. The van der Waals surface area contributed by atoms with Gasteiger partial charge in [-0.2, -0.15) is 5.06 Å². The van der Waals surface area contributed by atoms with E-state index >= 15 is 0 Å². The summed E-state index contributed by atoms with van der Waals surface area (Å²) in [5, 5.41) is 1.23. The molecular weight excluding hydrogens is 182 g/mol. The zero-order valence-electron chi connectivity index (χ0n) is 9.16. The van der Waals surface area contributed by atoms with E-state index in [1.165, 1.54) is 5.06 Å². The molecule has 0 aliphatic carbocycles. The Morgan fingerprint density at radius 1 is 1.57 bits per heavy atom. The van der Waals surface area contributed by atoms with Crippen molar-refractivity contribution in [3.8, 4) is 0 Å². The minimum absolute atomic E-state index is 0.429. The summed E-state index contributed by atoms with van der Waals surface area (Å²) < 4.78 is 5.15. The lowest BCUT2D eigenvalue weighted by molar-refractivity contribution is -0.139. The number of ether oxygens (including phenoxy) is 1. The highest BCUT2D eigenvalue weighted by Gasteiger charge is 2.23. The molecule has 0 N–H and O–H groups in total. The summed E-state index contributed by atoms with van der Waals surface area (Å²) >= 11 is 0. The SMILES string of the molecule is CC1=CCN(C(=O)OC(C)(C)C)OC1. The maximum Gasteiger partial charge on any atom is 0.434 e. The first-order chi connectivity index (χ1) is 6.38. The third kappa shape index (κ3) is 3.38. The van der Waals surface area contributed by atoms with E-state index in [2.05, 4.69) is 0 Å². The lowest BCUT2D eigenvalue weighted by Crippen LogP contribution is -2.39. The molecule has 1 heterocycles. The number of carbonyl (C=O) groups is 1. The number of rotatable bonds is 0. The van der Waals surface area contributed by atoms with Crippen molar-refractivity contribution >= 4 is 6.09 Å². The molecule has 1 rings (SSSR count). The van der Waals surface area contributed by atoms with Crippen molar-refractivity contribution in [3.63, 3.8) is 0 Å². The van der Waals surface area contributed by atoms with Crippen LogP contribution in [0, 0.1) is 0 Å². The first-order valence-electron chi connectivity index (χ1n) is 4.67. The van der Waals surface area contributed by atoms with Gasteiger partial charge in [0.05, 0.1) is 13.2 Å². The summed E-state index contributed by atoms with van der Waals surface area (Å²) in [6, 6.07) is 0. The minimum Gasteiger partial charge on any atom is -0.442 e. The molecule has 0 fully saturated rings. The van der Waals surface area contributed by atoms with Gasteiger partial charge in [0.25, 0.3) is 0 Å². The van der Waals surface area contributed by atoms with Gasteiger partial charge in [-0.1, -0.05) is 6.08 Å². The Bertz CT molecular complexity index is 253. The first-order valence-corrected chi connectivity index (χ1v) is 4.67. The van der Waals surface area contributed by atoms with Crippen LogP contribution in [-0.4, -0.2) is 29.9 Å². The smallest absolute Gasteiger partial charge is 0.434 e. The number of nitrogens with zero attached hydrogens (tertiary/aromatic N) is 1. The van der Waals surface area contributed by atoms with E-state index in [0.29, 0.717) is 13.2 Å². The Labute approximate surface area is 84.4 Å². The van der Waals surface area contributed by atoms with E-state index in [1.54, 1.807) is 0 Å². The highest BCUT2D eigenvalue weighted by atomic mass is 16.7. The molecule has 1 amide bonds. The second kappa shape index (κ2) is 4.00. The number of amides is 1. The van der Waals surface area contributed by atoms with E-state index in [1.807, 2.05) is 33.8 Å². The van der Waals surface area contributed by atoms with E-state index in [4.69, 9.17) is 9.57 Å². The van der Waals surface area contributed by atoms with E-state index in [-0.39, 0.29) is 0 Å². The van der Waals surface area contributed by atoms with Crippen molar-refractivity contribution in [2.75, 3.05) is 13.2 Å². The molecule has 80 valence electrons. The fourth-order valence-corrected chi connectivity index (χ4v) is 0.970. The van der Waals surface area contributed by atoms with Gasteiger partial charge in [0.2, 0.25) is 0 Å². The summed E-state index contributed by atoms with van der Waals surface area (Å²) in [6.07, 6.45) is 1.52. The zero-order valence-corrected chi connectivity index (χ0v) is 9.16. The molecule has 1 aliphatic heterocycles. The largest absolute Gasteiger partial charge is 0.442 e. The van der Waals surface area contributed by atoms with Gasteiger partial charge >= 0.3 is 6.09 Å². The van der Waals surface area contributed by atoms with Crippen LogP contribution in [-0.2, 0) is 9.57 Å². The minimum atomic E-state index is -0.476. The van der Waals surface area contributed by atoms with Gasteiger partial charge in [-0.05, 0) is 33.3 Å². The van der Waals surface area contributed by atoms with Crippen molar-refractivity contribution < 1.29 is 14.4 Å². The molecule has 0 saturated heterocycles. The van der Waals surface area contributed by atoms with Crippen LogP contribution in [0.15, 0.2) is 11.6 Å². The van der Waals surface area contributed by atoms with Gasteiger partial charge in [0, 0.05) is 0 Å². The Kier molecular flexibility index (Phi) is 3.16. The molecule has 1 aliphatic rings. The van der Waals surface area contributed by atoms with Gasteiger partial charge in [-0.15, -0.1) is 0 Å². The van der Waals surface area contributed by atoms with Gasteiger partial charge in [-0.25, -0.2) is 4.79 Å². The Morgan fingerprint density at radius 3 is 2.64 bits per heavy atom. The number of hydroxylamine groups is 2. The topological polar surface area (TPSA) is 38.8 Å². The molecule has 0 bridgehead atoms. The molecule has 0 saturated carbocycles. The molecule has 4 heteroatoms. The molecule has 0 aromatic heterocycles. The zero-order chi connectivity index (χ0) is 10.8. The highest BCUT2D eigenvalue weighted by Crippen LogP contribution is 2.13. The Hall–Kier alpha value is -1.03. The van der Waals surface area contributed by atoms with Crippen molar-refractivity contribution in [3.05, 3.63) is 11.6 Å². The number of hydrogen-bond acceptors (Lipinski definition) is 3. The lowest BCUT2D eigenvalue weighted by Gasteiger charge is -2.28. The molecule has 0 atom stereocenters. The molecule has 0 radical (unpaired) electrons. The van der Waals surface area contributed by atoms with Crippen LogP contribution in [0.1, 0.15) is 27.7 Å². The highest BCUT2D eigenvalue weighted by molar-refractivity contribution is 5.67. The Balaban J connectivity index is 2.47. The molecular formula is C10H17NO3. The predicted octanol–water partition coefficient (Wildman–Crippen LogP) is 2.12. The van der Waals surface area contributed by atoms with Crippen molar-refractivity contribution in [2.45, 2.75) is 33.3 Å². The number of hydrogen-bond donors (Lipinski definition) is 0. The number of carbonyl (C=O) groups excluding carboxylic acids is 1.